The smallest absolute Gasteiger partial charge is 0.223 e. The van der Waals surface area contributed by atoms with E-state index in [4.69, 9.17) is 4.74 Å². The van der Waals surface area contributed by atoms with Gasteiger partial charge < -0.3 is 15.2 Å². The first-order valence-electron chi connectivity index (χ1n) is 5.66. The van der Waals surface area contributed by atoms with Crippen molar-refractivity contribution in [3.8, 4) is 5.75 Å². The van der Waals surface area contributed by atoms with E-state index in [0.717, 1.165) is 11.1 Å². The first-order valence-corrected chi connectivity index (χ1v) is 5.66. The molecule has 1 amide bonds. The predicted molar refractivity (Wildman–Crippen MR) is 66.0 cm³/mol. The summed E-state index contributed by atoms with van der Waals surface area (Å²) in [6, 6.07) is 5.63. The standard InChI is InChI=1S/C13H19NO3/c1-9-4-5-12(11(8-9)10(2)15)17-7-6-13(16)14-3/h4-5,8,10,15H,6-7H2,1-3H3,(H,14,16)/t10-/m1/s1. The highest BCUT2D eigenvalue weighted by atomic mass is 16.5. The Morgan fingerprint density at radius 1 is 1.53 bits per heavy atom. The molecule has 17 heavy (non-hydrogen) atoms. The van der Waals surface area contributed by atoms with Crippen molar-refractivity contribution < 1.29 is 14.6 Å². The van der Waals surface area contributed by atoms with Gasteiger partial charge in [0, 0.05) is 12.6 Å². The Morgan fingerprint density at radius 2 is 2.24 bits per heavy atom. The Morgan fingerprint density at radius 3 is 2.82 bits per heavy atom. The zero-order chi connectivity index (χ0) is 12.8. The van der Waals surface area contributed by atoms with Crippen LogP contribution in [0, 0.1) is 6.92 Å². The van der Waals surface area contributed by atoms with Gasteiger partial charge in [0.25, 0.3) is 0 Å². The number of ether oxygens (including phenoxy) is 1. The maximum absolute atomic E-state index is 11.0. The predicted octanol–water partition coefficient (Wildman–Crippen LogP) is 1.56. The van der Waals surface area contributed by atoms with Crippen molar-refractivity contribution >= 4 is 5.91 Å². The minimum absolute atomic E-state index is 0.0595. The molecule has 2 N–H and O–H groups in total. The summed E-state index contributed by atoms with van der Waals surface area (Å²) in [7, 11) is 1.59. The molecule has 0 fully saturated rings. The van der Waals surface area contributed by atoms with E-state index in [1.165, 1.54) is 0 Å². The molecule has 0 spiro atoms. The van der Waals surface area contributed by atoms with Crippen molar-refractivity contribution in [1.29, 1.82) is 0 Å². The van der Waals surface area contributed by atoms with Crippen LogP contribution in [0.15, 0.2) is 18.2 Å². The zero-order valence-electron chi connectivity index (χ0n) is 10.5. The van der Waals surface area contributed by atoms with Crippen molar-refractivity contribution in [2.45, 2.75) is 26.4 Å². The second-order valence-electron chi connectivity index (χ2n) is 3.99. The highest BCUT2D eigenvalue weighted by Gasteiger charge is 2.09. The molecule has 0 unspecified atom stereocenters. The van der Waals surface area contributed by atoms with Gasteiger partial charge >= 0.3 is 0 Å². The first-order chi connectivity index (χ1) is 8.04. The van der Waals surface area contributed by atoms with Gasteiger partial charge in [0.15, 0.2) is 0 Å². The Balaban J connectivity index is 2.67. The molecular formula is C13H19NO3. The lowest BCUT2D eigenvalue weighted by Gasteiger charge is -2.14. The molecular weight excluding hydrogens is 218 g/mol. The van der Waals surface area contributed by atoms with Crippen LogP contribution in [-0.4, -0.2) is 24.7 Å². The lowest BCUT2D eigenvalue weighted by Crippen LogP contribution is -2.20. The largest absolute Gasteiger partial charge is 0.493 e. The van der Waals surface area contributed by atoms with Crippen molar-refractivity contribution in [2.24, 2.45) is 0 Å². The fourth-order valence-corrected chi connectivity index (χ4v) is 1.50. The molecule has 0 aliphatic carbocycles. The topological polar surface area (TPSA) is 58.6 Å². The fourth-order valence-electron chi connectivity index (χ4n) is 1.50. The van der Waals surface area contributed by atoms with Crippen LogP contribution in [0.5, 0.6) is 5.75 Å². The van der Waals surface area contributed by atoms with Gasteiger partial charge in [-0.05, 0) is 26.0 Å². The van der Waals surface area contributed by atoms with Gasteiger partial charge in [-0.15, -0.1) is 0 Å². The number of hydrogen-bond donors (Lipinski definition) is 2. The molecule has 4 heteroatoms. The van der Waals surface area contributed by atoms with Crippen molar-refractivity contribution in [3.05, 3.63) is 29.3 Å². The van der Waals surface area contributed by atoms with Crippen molar-refractivity contribution in [1.82, 2.24) is 5.32 Å². The minimum Gasteiger partial charge on any atom is -0.493 e. The van der Waals surface area contributed by atoms with Crippen LogP contribution in [0.2, 0.25) is 0 Å². The maximum atomic E-state index is 11.0. The van der Waals surface area contributed by atoms with Gasteiger partial charge in [-0.25, -0.2) is 0 Å². The number of carbonyl (C=O) groups is 1. The van der Waals surface area contributed by atoms with Crippen molar-refractivity contribution in [2.75, 3.05) is 13.7 Å². The molecule has 1 aromatic rings. The fraction of sp³-hybridized carbons (Fsp3) is 0.462. The number of carbonyl (C=O) groups excluding carboxylic acids is 1. The Kier molecular flexibility index (Phi) is 4.97. The third-order valence-electron chi connectivity index (χ3n) is 2.48. The van der Waals surface area contributed by atoms with Crippen LogP contribution in [-0.2, 0) is 4.79 Å². The number of hydrogen-bond acceptors (Lipinski definition) is 3. The number of nitrogens with one attached hydrogen (secondary N) is 1. The molecule has 1 aromatic carbocycles. The summed E-state index contributed by atoms with van der Waals surface area (Å²) < 4.78 is 5.51. The van der Waals surface area contributed by atoms with E-state index in [1.54, 1.807) is 14.0 Å². The SMILES string of the molecule is CNC(=O)CCOc1ccc(C)cc1[C@@H](C)O. The molecule has 0 aliphatic heterocycles. The number of benzene rings is 1. The van der Waals surface area contributed by atoms with Gasteiger partial charge in [-0.3, -0.25) is 4.79 Å². The van der Waals surface area contributed by atoms with E-state index in [2.05, 4.69) is 5.32 Å². The van der Waals surface area contributed by atoms with Gasteiger partial charge in [0.1, 0.15) is 5.75 Å². The molecule has 0 aliphatic rings. The van der Waals surface area contributed by atoms with Gasteiger partial charge in [-0.2, -0.15) is 0 Å². The van der Waals surface area contributed by atoms with E-state index in [9.17, 15) is 9.90 Å². The summed E-state index contributed by atoms with van der Waals surface area (Å²) in [5.74, 6) is 0.574. The minimum atomic E-state index is -0.579. The molecule has 0 heterocycles. The van der Waals surface area contributed by atoms with Crippen LogP contribution >= 0.6 is 0 Å². The highest BCUT2D eigenvalue weighted by molar-refractivity contribution is 5.75. The molecule has 0 saturated carbocycles. The van der Waals surface area contributed by atoms with Crippen LogP contribution in [0.4, 0.5) is 0 Å². The zero-order valence-corrected chi connectivity index (χ0v) is 10.5. The number of aryl methyl sites for hydroxylation is 1. The Hall–Kier alpha value is -1.55. The summed E-state index contributed by atoms with van der Waals surface area (Å²) in [6.07, 6.45) is -0.270. The second kappa shape index (κ2) is 6.25. The van der Waals surface area contributed by atoms with Crippen molar-refractivity contribution in [3.63, 3.8) is 0 Å². The summed E-state index contributed by atoms with van der Waals surface area (Å²) >= 11 is 0. The first kappa shape index (κ1) is 13.5. The van der Waals surface area contributed by atoms with Gasteiger partial charge in [0.2, 0.25) is 5.91 Å². The van der Waals surface area contributed by atoms with Crippen LogP contribution in [0.25, 0.3) is 0 Å². The number of aliphatic hydroxyl groups is 1. The summed E-state index contributed by atoms with van der Waals surface area (Å²) in [5, 5.41) is 12.2. The highest BCUT2D eigenvalue weighted by Crippen LogP contribution is 2.26. The quantitative estimate of drug-likeness (QED) is 0.817. The molecule has 4 nitrogen and oxygen atoms in total. The van der Waals surface area contributed by atoms with E-state index >= 15 is 0 Å². The molecule has 94 valence electrons. The third kappa shape index (κ3) is 4.07. The molecule has 1 rings (SSSR count). The number of amides is 1. The van der Waals surface area contributed by atoms with Crippen LogP contribution in [0.3, 0.4) is 0 Å². The monoisotopic (exact) mass is 237 g/mol. The van der Waals surface area contributed by atoms with Gasteiger partial charge in [0.05, 0.1) is 19.1 Å². The Labute approximate surface area is 102 Å². The Bertz CT molecular complexity index is 388. The third-order valence-corrected chi connectivity index (χ3v) is 2.48. The average molecular weight is 237 g/mol. The lowest BCUT2D eigenvalue weighted by atomic mass is 10.1. The van der Waals surface area contributed by atoms with Crippen LogP contribution in [0.1, 0.15) is 30.6 Å². The summed E-state index contributed by atoms with van der Waals surface area (Å²) in [4.78, 5) is 11.0. The lowest BCUT2D eigenvalue weighted by molar-refractivity contribution is -0.121. The van der Waals surface area contributed by atoms with E-state index < -0.39 is 6.10 Å². The summed E-state index contributed by atoms with van der Waals surface area (Å²) in [5.41, 5.74) is 1.82. The summed E-state index contributed by atoms with van der Waals surface area (Å²) in [6.45, 7) is 3.96. The van der Waals surface area contributed by atoms with Gasteiger partial charge in [-0.1, -0.05) is 11.6 Å². The van der Waals surface area contributed by atoms with Crippen LogP contribution < -0.4 is 10.1 Å². The van der Waals surface area contributed by atoms with E-state index in [0.29, 0.717) is 18.8 Å². The molecule has 0 bridgehead atoms. The average Bonchev–Trinajstić information content (AvgIpc) is 2.30. The molecule has 0 radical (unpaired) electrons. The number of rotatable bonds is 5. The number of aliphatic hydroxyl groups excluding tert-OH is 1. The van der Waals surface area contributed by atoms with E-state index in [1.807, 2.05) is 25.1 Å². The normalized spacial score (nSPS) is 12.0. The van der Waals surface area contributed by atoms with E-state index in [-0.39, 0.29) is 5.91 Å². The maximum Gasteiger partial charge on any atom is 0.223 e. The second-order valence-corrected chi connectivity index (χ2v) is 3.99. The molecule has 0 aromatic heterocycles. The molecule has 1 atom stereocenters. The molecule has 0 saturated heterocycles.